The summed E-state index contributed by atoms with van der Waals surface area (Å²) in [4.78, 5) is 32.6. The lowest BCUT2D eigenvalue weighted by molar-refractivity contribution is -0.115. The second-order valence-electron chi connectivity index (χ2n) is 6.60. The highest BCUT2D eigenvalue weighted by molar-refractivity contribution is 7.08. The van der Waals surface area contributed by atoms with E-state index in [1.54, 1.807) is 34.6 Å². The maximum Gasteiger partial charge on any atom is 0.326 e. The number of nitrogens with zero attached hydrogens (tertiary/aromatic N) is 3. The number of pyridine rings is 1. The first-order chi connectivity index (χ1) is 13.7. The molecule has 1 aliphatic heterocycles. The Bertz CT molecular complexity index is 942. The molecular weight excluding hydrogens is 372 g/mol. The number of aromatic nitrogens is 1. The number of rotatable bonds is 6. The van der Waals surface area contributed by atoms with Crippen LogP contribution >= 0.6 is 11.3 Å². The van der Waals surface area contributed by atoms with Crippen LogP contribution in [0.2, 0.25) is 0 Å². The molecule has 0 atom stereocenters. The standard InChI is InChI=1S/C21H20N4O2S/c26-20(12-17-8-11-28-15-17)23-18-6-7-19(22-13-18)25-10-9-24(21(25)27)14-16-4-2-1-3-5-16/h1-8,11,13,15H,9-10,12,14H2,(H,23,26). The fourth-order valence-electron chi connectivity index (χ4n) is 3.15. The van der Waals surface area contributed by atoms with Gasteiger partial charge in [0.05, 0.1) is 18.3 Å². The molecule has 0 aliphatic carbocycles. The van der Waals surface area contributed by atoms with Crippen molar-refractivity contribution in [3.05, 3.63) is 76.6 Å². The van der Waals surface area contributed by atoms with Crippen LogP contribution in [0, 0.1) is 0 Å². The van der Waals surface area contributed by atoms with Gasteiger partial charge in [-0.15, -0.1) is 0 Å². The minimum absolute atomic E-state index is 0.0504. The van der Waals surface area contributed by atoms with Crippen molar-refractivity contribution in [1.29, 1.82) is 0 Å². The Morgan fingerprint density at radius 1 is 1.07 bits per heavy atom. The molecule has 6 nitrogen and oxygen atoms in total. The van der Waals surface area contributed by atoms with Crippen LogP contribution in [0.5, 0.6) is 0 Å². The molecule has 7 heteroatoms. The summed E-state index contributed by atoms with van der Waals surface area (Å²) in [6.07, 6.45) is 1.93. The number of benzene rings is 1. The van der Waals surface area contributed by atoms with E-state index in [2.05, 4.69) is 10.3 Å². The summed E-state index contributed by atoms with van der Waals surface area (Å²) in [6.45, 7) is 1.85. The van der Waals surface area contributed by atoms with Crippen LogP contribution in [-0.4, -0.2) is 34.9 Å². The van der Waals surface area contributed by atoms with Gasteiger partial charge in [-0.3, -0.25) is 9.69 Å². The molecule has 0 saturated carbocycles. The Labute approximate surface area is 167 Å². The van der Waals surface area contributed by atoms with Crippen molar-refractivity contribution in [1.82, 2.24) is 9.88 Å². The summed E-state index contributed by atoms with van der Waals surface area (Å²) < 4.78 is 0. The van der Waals surface area contributed by atoms with Crippen LogP contribution in [0.1, 0.15) is 11.1 Å². The van der Waals surface area contributed by atoms with Gasteiger partial charge in [-0.2, -0.15) is 11.3 Å². The van der Waals surface area contributed by atoms with E-state index in [4.69, 9.17) is 0 Å². The van der Waals surface area contributed by atoms with E-state index in [1.165, 1.54) is 0 Å². The van der Waals surface area contributed by atoms with Gasteiger partial charge in [0.25, 0.3) is 0 Å². The number of nitrogens with one attached hydrogen (secondary N) is 1. The topological polar surface area (TPSA) is 65.5 Å². The molecule has 0 bridgehead atoms. The summed E-state index contributed by atoms with van der Waals surface area (Å²) in [5, 5.41) is 6.75. The Hall–Kier alpha value is -3.19. The third-order valence-electron chi connectivity index (χ3n) is 4.56. The fraction of sp³-hybridized carbons (Fsp3) is 0.190. The largest absolute Gasteiger partial charge is 0.326 e. The van der Waals surface area contributed by atoms with E-state index >= 15 is 0 Å². The van der Waals surface area contributed by atoms with Crippen LogP contribution < -0.4 is 10.2 Å². The SMILES string of the molecule is O=C(Cc1ccsc1)Nc1ccc(N2CCN(Cc3ccccc3)C2=O)nc1. The molecule has 1 aromatic carbocycles. The number of hydrogen-bond donors (Lipinski definition) is 1. The second-order valence-corrected chi connectivity index (χ2v) is 7.38. The molecule has 1 saturated heterocycles. The summed E-state index contributed by atoms with van der Waals surface area (Å²) in [5.74, 6) is 0.510. The molecule has 1 fully saturated rings. The average molecular weight is 392 g/mol. The van der Waals surface area contributed by atoms with Gasteiger partial charge in [-0.25, -0.2) is 9.78 Å². The number of urea groups is 1. The van der Waals surface area contributed by atoms with Crippen molar-refractivity contribution in [3.8, 4) is 0 Å². The highest BCUT2D eigenvalue weighted by atomic mass is 32.1. The highest BCUT2D eigenvalue weighted by Gasteiger charge is 2.30. The minimum Gasteiger partial charge on any atom is -0.324 e. The summed E-state index contributed by atoms with van der Waals surface area (Å²) in [7, 11) is 0. The van der Waals surface area contributed by atoms with Crippen LogP contribution in [0.15, 0.2) is 65.5 Å². The normalized spacial score (nSPS) is 13.8. The van der Waals surface area contributed by atoms with Gasteiger partial charge in [-0.05, 0) is 40.1 Å². The Balaban J connectivity index is 1.36. The first-order valence-electron chi connectivity index (χ1n) is 9.06. The molecule has 0 spiro atoms. The molecule has 142 valence electrons. The minimum atomic E-state index is -0.0840. The monoisotopic (exact) mass is 392 g/mol. The van der Waals surface area contributed by atoms with Gasteiger partial charge in [-0.1, -0.05) is 30.3 Å². The first-order valence-corrected chi connectivity index (χ1v) is 10.0. The maximum absolute atomic E-state index is 12.7. The third kappa shape index (κ3) is 4.20. The Morgan fingerprint density at radius 2 is 1.93 bits per heavy atom. The number of amides is 3. The quantitative estimate of drug-likeness (QED) is 0.695. The van der Waals surface area contributed by atoms with E-state index in [0.29, 0.717) is 37.6 Å². The van der Waals surface area contributed by atoms with E-state index in [1.807, 2.05) is 52.1 Å². The lowest BCUT2D eigenvalue weighted by atomic mass is 10.2. The van der Waals surface area contributed by atoms with Gasteiger partial charge in [0.1, 0.15) is 5.82 Å². The van der Waals surface area contributed by atoms with Crippen LogP contribution in [0.3, 0.4) is 0 Å². The van der Waals surface area contributed by atoms with Gasteiger partial charge in [0, 0.05) is 19.6 Å². The smallest absolute Gasteiger partial charge is 0.324 e. The van der Waals surface area contributed by atoms with Crippen molar-refractivity contribution < 1.29 is 9.59 Å². The maximum atomic E-state index is 12.7. The second kappa shape index (κ2) is 8.22. The predicted molar refractivity (Wildman–Crippen MR) is 110 cm³/mol. The molecule has 28 heavy (non-hydrogen) atoms. The van der Waals surface area contributed by atoms with Crippen LogP contribution in [0.4, 0.5) is 16.3 Å². The molecule has 0 unspecified atom stereocenters. The number of carbonyl (C=O) groups excluding carboxylic acids is 2. The van der Waals surface area contributed by atoms with Crippen molar-refractivity contribution in [2.45, 2.75) is 13.0 Å². The van der Waals surface area contributed by atoms with E-state index in [9.17, 15) is 9.59 Å². The first kappa shape index (κ1) is 18.2. The number of hydrogen-bond acceptors (Lipinski definition) is 4. The zero-order valence-electron chi connectivity index (χ0n) is 15.2. The van der Waals surface area contributed by atoms with Gasteiger partial charge >= 0.3 is 6.03 Å². The van der Waals surface area contributed by atoms with Crippen molar-refractivity contribution in [2.24, 2.45) is 0 Å². The molecular formula is C21H20N4O2S. The number of anilines is 2. The summed E-state index contributed by atoms with van der Waals surface area (Å²) >= 11 is 1.57. The molecule has 1 N–H and O–H groups in total. The van der Waals surface area contributed by atoms with Crippen molar-refractivity contribution in [3.63, 3.8) is 0 Å². The van der Waals surface area contributed by atoms with E-state index < -0.39 is 0 Å². The predicted octanol–water partition coefficient (Wildman–Crippen LogP) is 3.77. The highest BCUT2D eigenvalue weighted by Crippen LogP contribution is 2.21. The number of thiophene rings is 1. The van der Waals surface area contributed by atoms with Crippen molar-refractivity contribution in [2.75, 3.05) is 23.3 Å². The summed E-state index contributed by atoms with van der Waals surface area (Å²) in [5.41, 5.74) is 2.72. The van der Waals surface area contributed by atoms with Gasteiger partial charge < -0.3 is 10.2 Å². The Kier molecular flexibility index (Phi) is 5.34. The lowest BCUT2D eigenvalue weighted by Gasteiger charge is -2.18. The van der Waals surface area contributed by atoms with Crippen LogP contribution in [-0.2, 0) is 17.8 Å². The fourth-order valence-corrected chi connectivity index (χ4v) is 3.82. The molecule has 2 aromatic heterocycles. The van der Waals surface area contributed by atoms with E-state index in [-0.39, 0.29) is 11.9 Å². The number of carbonyl (C=O) groups is 2. The molecule has 1 aliphatic rings. The molecule has 4 rings (SSSR count). The molecule has 0 radical (unpaired) electrons. The molecule has 3 aromatic rings. The van der Waals surface area contributed by atoms with Gasteiger partial charge in [0.15, 0.2) is 0 Å². The summed E-state index contributed by atoms with van der Waals surface area (Å²) in [6, 6.07) is 15.4. The Morgan fingerprint density at radius 3 is 2.64 bits per heavy atom. The van der Waals surface area contributed by atoms with E-state index in [0.717, 1.165) is 11.1 Å². The van der Waals surface area contributed by atoms with Gasteiger partial charge in [0.2, 0.25) is 5.91 Å². The molecule has 3 amide bonds. The zero-order valence-corrected chi connectivity index (χ0v) is 16.1. The lowest BCUT2D eigenvalue weighted by Crippen LogP contribution is -2.31. The third-order valence-corrected chi connectivity index (χ3v) is 5.30. The zero-order chi connectivity index (χ0) is 19.3. The van der Waals surface area contributed by atoms with Crippen molar-refractivity contribution >= 4 is 34.8 Å². The molecule has 3 heterocycles. The average Bonchev–Trinajstić information content (AvgIpc) is 3.34. The van der Waals surface area contributed by atoms with Crippen LogP contribution in [0.25, 0.3) is 0 Å².